The number of anilines is 2. The second-order valence-corrected chi connectivity index (χ2v) is 5.45. The van der Waals surface area contributed by atoms with Crippen molar-refractivity contribution in [3.8, 4) is 5.75 Å². The molecule has 0 aliphatic rings. The van der Waals surface area contributed by atoms with E-state index in [0.717, 1.165) is 16.8 Å². The first-order valence-corrected chi connectivity index (χ1v) is 6.96. The van der Waals surface area contributed by atoms with E-state index in [1.165, 1.54) is 12.1 Å². The Hall–Kier alpha value is -1.91. The van der Waals surface area contributed by atoms with Gasteiger partial charge in [0.1, 0.15) is 0 Å². The number of carbonyl (C=O) groups excluding carboxylic acids is 1. The van der Waals surface area contributed by atoms with Gasteiger partial charge in [0.25, 0.3) is 0 Å². The van der Waals surface area contributed by atoms with Gasteiger partial charge in [-0.1, -0.05) is 41.4 Å². The maximum Gasteiger partial charge on any atom is 0.323 e. The highest BCUT2D eigenvalue weighted by molar-refractivity contribution is 6.37. The van der Waals surface area contributed by atoms with E-state index in [2.05, 4.69) is 10.6 Å². The third-order valence-electron chi connectivity index (χ3n) is 2.99. The van der Waals surface area contributed by atoms with Gasteiger partial charge in [0, 0.05) is 11.4 Å². The largest absolute Gasteiger partial charge is 0.505 e. The first kappa shape index (κ1) is 15.5. The summed E-state index contributed by atoms with van der Waals surface area (Å²) in [6, 6.07) is 8.19. The van der Waals surface area contributed by atoms with Crippen LogP contribution in [-0.2, 0) is 0 Å². The van der Waals surface area contributed by atoms with Crippen LogP contribution in [0.1, 0.15) is 11.1 Å². The summed E-state index contributed by atoms with van der Waals surface area (Å²) in [5, 5.41) is 15.0. The van der Waals surface area contributed by atoms with E-state index in [1.807, 2.05) is 32.0 Å². The van der Waals surface area contributed by atoms with Gasteiger partial charge in [-0.15, -0.1) is 0 Å². The number of aromatic hydroxyl groups is 1. The van der Waals surface area contributed by atoms with Gasteiger partial charge in [-0.2, -0.15) is 0 Å². The summed E-state index contributed by atoms with van der Waals surface area (Å²) in [6.45, 7) is 3.83. The molecule has 0 fully saturated rings. The highest BCUT2D eigenvalue weighted by Crippen LogP contribution is 2.34. The van der Waals surface area contributed by atoms with Crippen LogP contribution in [0.2, 0.25) is 10.0 Å². The van der Waals surface area contributed by atoms with E-state index in [0.29, 0.717) is 5.69 Å². The van der Waals surface area contributed by atoms with E-state index in [1.54, 1.807) is 0 Å². The number of benzene rings is 2. The van der Waals surface area contributed by atoms with Crippen LogP contribution in [0.15, 0.2) is 30.3 Å². The molecule has 3 N–H and O–H groups in total. The van der Waals surface area contributed by atoms with Crippen LogP contribution in [0.3, 0.4) is 0 Å². The Bertz CT molecular complexity index is 659. The molecule has 0 saturated heterocycles. The highest BCUT2D eigenvalue weighted by Gasteiger charge is 2.10. The fourth-order valence-corrected chi connectivity index (χ4v) is 2.41. The third-order valence-corrected chi connectivity index (χ3v) is 3.57. The van der Waals surface area contributed by atoms with Crippen molar-refractivity contribution in [1.82, 2.24) is 0 Å². The van der Waals surface area contributed by atoms with E-state index in [9.17, 15) is 9.90 Å². The number of aryl methyl sites for hydroxylation is 2. The Morgan fingerprint density at radius 3 is 2.10 bits per heavy atom. The van der Waals surface area contributed by atoms with Gasteiger partial charge in [0.15, 0.2) is 5.75 Å². The number of amides is 2. The van der Waals surface area contributed by atoms with Crippen molar-refractivity contribution in [2.24, 2.45) is 0 Å². The molecule has 0 radical (unpaired) electrons. The minimum atomic E-state index is -0.412. The van der Waals surface area contributed by atoms with Gasteiger partial charge >= 0.3 is 6.03 Å². The van der Waals surface area contributed by atoms with Gasteiger partial charge in [-0.05, 0) is 37.1 Å². The Morgan fingerprint density at radius 1 is 1.05 bits per heavy atom. The number of phenolic OH excluding ortho intramolecular Hbond substituents is 1. The quantitative estimate of drug-likeness (QED) is 0.683. The summed E-state index contributed by atoms with van der Waals surface area (Å²) < 4.78 is 0. The van der Waals surface area contributed by atoms with Crippen molar-refractivity contribution in [2.75, 3.05) is 10.6 Å². The minimum Gasteiger partial charge on any atom is -0.505 e. The molecule has 0 aromatic heterocycles. The van der Waals surface area contributed by atoms with E-state index in [4.69, 9.17) is 23.2 Å². The molecule has 0 unspecified atom stereocenters. The van der Waals surface area contributed by atoms with Gasteiger partial charge in [-0.3, -0.25) is 0 Å². The summed E-state index contributed by atoms with van der Waals surface area (Å²) in [4.78, 5) is 12.0. The molecule has 21 heavy (non-hydrogen) atoms. The molecule has 0 bridgehead atoms. The summed E-state index contributed by atoms with van der Waals surface area (Å²) in [7, 11) is 0. The summed E-state index contributed by atoms with van der Waals surface area (Å²) in [5.41, 5.74) is 3.08. The van der Waals surface area contributed by atoms with Crippen LogP contribution in [0.25, 0.3) is 0 Å². The summed E-state index contributed by atoms with van der Waals surface area (Å²) in [6.07, 6.45) is 0. The van der Waals surface area contributed by atoms with E-state index >= 15 is 0 Å². The van der Waals surface area contributed by atoms with Crippen LogP contribution in [-0.4, -0.2) is 11.1 Å². The van der Waals surface area contributed by atoms with Gasteiger partial charge < -0.3 is 15.7 Å². The summed E-state index contributed by atoms with van der Waals surface area (Å²) in [5.74, 6) is -0.209. The maximum atomic E-state index is 12.0. The number of carbonyl (C=O) groups is 1. The number of para-hydroxylation sites is 1. The van der Waals surface area contributed by atoms with Crippen molar-refractivity contribution in [2.45, 2.75) is 13.8 Å². The van der Waals surface area contributed by atoms with Gasteiger partial charge in [-0.25, -0.2) is 4.79 Å². The topological polar surface area (TPSA) is 61.4 Å². The Morgan fingerprint density at radius 2 is 1.57 bits per heavy atom. The van der Waals surface area contributed by atoms with E-state index in [-0.39, 0.29) is 15.8 Å². The molecule has 2 amide bonds. The molecule has 110 valence electrons. The zero-order valence-electron chi connectivity index (χ0n) is 11.5. The Kier molecular flexibility index (Phi) is 4.60. The SMILES string of the molecule is Cc1cccc(C)c1NC(=O)Nc1cc(Cl)c(O)c(Cl)c1. The third kappa shape index (κ3) is 3.60. The smallest absolute Gasteiger partial charge is 0.323 e. The fraction of sp³-hybridized carbons (Fsp3) is 0.133. The molecule has 0 spiro atoms. The lowest BCUT2D eigenvalue weighted by Crippen LogP contribution is -2.20. The monoisotopic (exact) mass is 324 g/mol. The molecule has 0 atom stereocenters. The van der Waals surface area contributed by atoms with Crippen molar-refractivity contribution in [3.63, 3.8) is 0 Å². The van der Waals surface area contributed by atoms with Crippen molar-refractivity contribution >= 4 is 40.6 Å². The molecule has 2 aromatic carbocycles. The normalized spacial score (nSPS) is 10.3. The molecular weight excluding hydrogens is 311 g/mol. The predicted molar refractivity (Wildman–Crippen MR) is 86.7 cm³/mol. The van der Waals surface area contributed by atoms with Crippen LogP contribution in [0.4, 0.5) is 16.2 Å². The molecule has 4 nitrogen and oxygen atoms in total. The number of halogens is 2. The van der Waals surface area contributed by atoms with Crippen LogP contribution >= 0.6 is 23.2 Å². The Labute approximate surface area is 132 Å². The van der Waals surface area contributed by atoms with Gasteiger partial charge in [0.05, 0.1) is 10.0 Å². The lowest BCUT2D eigenvalue weighted by atomic mass is 10.1. The molecule has 2 aromatic rings. The molecular formula is C15H14Cl2N2O2. The van der Waals surface area contributed by atoms with Gasteiger partial charge in [0.2, 0.25) is 0 Å². The van der Waals surface area contributed by atoms with Crippen molar-refractivity contribution in [3.05, 3.63) is 51.5 Å². The lowest BCUT2D eigenvalue weighted by Gasteiger charge is -2.13. The number of hydrogen-bond acceptors (Lipinski definition) is 2. The van der Waals surface area contributed by atoms with Crippen molar-refractivity contribution < 1.29 is 9.90 Å². The minimum absolute atomic E-state index is 0.0740. The zero-order valence-corrected chi connectivity index (χ0v) is 13.0. The molecule has 0 aliphatic heterocycles. The second kappa shape index (κ2) is 6.24. The van der Waals surface area contributed by atoms with Crippen molar-refractivity contribution in [1.29, 1.82) is 0 Å². The molecule has 0 aliphatic carbocycles. The van der Waals surface area contributed by atoms with Crippen LogP contribution < -0.4 is 10.6 Å². The maximum absolute atomic E-state index is 12.0. The van der Waals surface area contributed by atoms with Crippen LogP contribution in [0, 0.1) is 13.8 Å². The van der Waals surface area contributed by atoms with E-state index < -0.39 is 6.03 Å². The van der Waals surface area contributed by atoms with Crippen LogP contribution in [0.5, 0.6) is 5.75 Å². The standard InChI is InChI=1S/C15H14Cl2N2O2/c1-8-4-3-5-9(2)13(8)19-15(21)18-10-6-11(16)14(20)12(17)7-10/h3-7,20H,1-2H3,(H2,18,19,21). The number of urea groups is 1. The summed E-state index contributed by atoms with van der Waals surface area (Å²) >= 11 is 11.6. The average molecular weight is 325 g/mol. The molecule has 0 heterocycles. The zero-order chi connectivity index (χ0) is 15.6. The predicted octanol–water partition coefficient (Wildman–Crippen LogP) is 4.96. The number of rotatable bonds is 2. The average Bonchev–Trinajstić information content (AvgIpc) is 2.40. The number of nitrogens with one attached hydrogen (secondary N) is 2. The fourth-order valence-electron chi connectivity index (χ4n) is 1.93. The molecule has 0 saturated carbocycles. The first-order chi connectivity index (χ1) is 9.88. The molecule has 2 rings (SSSR count). The highest BCUT2D eigenvalue weighted by atomic mass is 35.5. The number of hydrogen-bond donors (Lipinski definition) is 3. The molecule has 6 heteroatoms. The lowest BCUT2D eigenvalue weighted by molar-refractivity contribution is 0.262. The number of phenols is 1. The Balaban J connectivity index is 2.16. The second-order valence-electron chi connectivity index (χ2n) is 4.63. The first-order valence-electron chi connectivity index (χ1n) is 6.20.